The number of nitrogens with zero attached hydrogens (tertiary/aromatic N) is 3. The van der Waals surface area contributed by atoms with Crippen LogP contribution in [0.4, 0.5) is 0 Å². The van der Waals surface area contributed by atoms with Crippen molar-refractivity contribution < 1.29 is 14.4 Å². The van der Waals surface area contributed by atoms with E-state index in [-0.39, 0.29) is 6.61 Å². The molecule has 1 N–H and O–H groups in total. The van der Waals surface area contributed by atoms with E-state index in [1.807, 2.05) is 6.20 Å². The van der Waals surface area contributed by atoms with Crippen LogP contribution in [0.15, 0.2) is 43.0 Å². The molecular formula is C16H12N4O3. The number of aromatic amines is 1. The molecule has 0 aliphatic carbocycles. The van der Waals surface area contributed by atoms with Crippen LogP contribution >= 0.6 is 0 Å². The smallest absolute Gasteiger partial charge is 0.285 e. The highest BCUT2D eigenvalue weighted by Gasteiger charge is 2.36. The van der Waals surface area contributed by atoms with Gasteiger partial charge in [0.15, 0.2) is 0 Å². The number of benzene rings is 1. The van der Waals surface area contributed by atoms with Crippen LogP contribution in [0.3, 0.4) is 0 Å². The third-order valence-electron chi connectivity index (χ3n) is 3.79. The van der Waals surface area contributed by atoms with Crippen LogP contribution in [-0.2, 0) is 11.3 Å². The average Bonchev–Trinajstić information content (AvgIpc) is 3.10. The molecule has 3 heterocycles. The van der Waals surface area contributed by atoms with E-state index in [2.05, 4.69) is 15.0 Å². The summed E-state index contributed by atoms with van der Waals surface area (Å²) in [6, 6.07) is 6.69. The lowest BCUT2D eigenvalue weighted by molar-refractivity contribution is -0.0901. The largest absolute Gasteiger partial charge is 0.346 e. The average molecular weight is 308 g/mol. The molecule has 0 saturated carbocycles. The molecular weight excluding hydrogens is 296 g/mol. The van der Waals surface area contributed by atoms with Gasteiger partial charge in [-0.1, -0.05) is 12.1 Å². The molecule has 7 nitrogen and oxygen atoms in total. The van der Waals surface area contributed by atoms with Gasteiger partial charge in [-0.15, -0.1) is 5.06 Å². The first kappa shape index (κ1) is 13.6. The van der Waals surface area contributed by atoms with E-state index in [1.54, 1.807) is 30.5 Å². The normalized spacial score (nSPS) is 13.8. The highest BCUT2D eigenvalue weighted by Crippen LogP contribution is 2.23. The van der Waals surface area contributed by atoms with E-state index in [9.17, 15) is 9.59 Å². The van der Waals surface area contributed by atoms with Crippen molar-refractivity contribution in [3.05, 3.63) is 59.7 Å². The fraction of sp³-hybridized carbons (Fsp3) is 0.125. The van der Waals surface area contributed by atoms with E-state index in [0.717, 1.165) is 21.7 Å². The van der Waals surface area contributed by atoms with E-state index >= 15 is 0 Å². The zero-order valence-corrected chi connectivity index (χ0v) is 12.0. The lowest BCUT2D eigenvalue weighted by atomic mass is 10.1. The number of nitrogens with one attached hydrogen (secondary N) is 1. The minimum atomic E-state index is -0.423. The van der Waals surface area contributed by atoms with Gasteiger partial charge >= 0.3 is 0 Å². The molecule has 0 fully saturated rings. The van der Waals surface area contributed by atoms with Gasteiger partial charge in [0.2, 0.25) is 0 Å². The Balaban J connectivity index is 1.46. The number of fused-ring (bicyclic) bond motifs is 2. The second kappa shape index (κ2) is 5.29. The number of hydrogen-bond acceptors (Lipinski definition) is 5. The number of imide groups is 1. The molecule has 3 aromatic rings. The highest BCUT2D eigenvalue weighted by atomic mass is 16.7. The predicted molar refractivity (Wildman–Crippen MR) is 80.5 cm³/mol. The standard InChI is InChI=1S/C16H12N4O3/c21-15-11-3-1-2-4-12(11)16(22)20(15)23-6-5-10-7-18-14-13(10)8-17-9-19-14/h1-4,7-9H,5-6H2,(H,17,18,19). The number of H-pyrrole nitrogens is 1. The third-order valence-corrected chi connectivity index (χ3v) is 3.79. The van der Waals surface area contributed by atoms with Crippen molar-refractivity contribution in [3.63, 3.8) is 0 Å². The quantitative estimate of drug-likeness (QED) is 0.742. The van der Waals surface area contributed by atoms with Gasteiger partial charge in [-0.25, -0.2) is 9.97 Å². The minimum Gasteiger partial charge on any atom is -0.346 e. The SMILES string of the molecule is O=C1c2ccccc2C(=O)N1OCCc1c[nH]c2ncncc12. The molecule has 23 heavy (non-hydrogen) atoms. The predicted octanol–water partition coefficient (Wildman–Crippen LogP) is 1.73. The molecule has 0 atom stereocenters. The third kappa shape index (κ3) is 2.18. The first-order chi connectivity index (χ1) is 11.3. The summed E-state index contributed by atoms with van der Waals surface area (Å²) in [5, 5.41) is 1.73. The van der Waals surface area contributed by atoms with Gasteiger partial charge in [0.25, 0.3) is 11.8 Å². The Morgan fingerprint density at radius 1 is 1.13 bits per heavy atom. The first-order valence-corrected chi connectivity index (χ1v) is 7.12. The molecule has 1 aliphatic rings. The van der Waals surface area contributed by atoms with Crippen LogP contribution in [0.5, 0.6) is 0 Å². The highest BCUT2D eigenvalue weighted by molar-refractivity contribution is 6.20. The number of rotatable bonds is 4. The minimum absolute atomic E-state index is 0.202. The second-order valence-electron chi connectivity index (χ2n) is 5.13. The Hall–Kier alpha value is -3.06. The maximum atomic E-state index is 12.2. The molecule has 0 radical (unpaired) electrons. The van der Waals surface area contributed by atoms with Crippen molar-refractivity contribution in [3.8, 4) is 0 Å². The number of hydroxylamine groups is 2. The zero-order chi connectivity index (χ0) is 15.8. The molecule has 0 saturated heterocycles. The molecule has 1 aliphatic heterocycles. The van der Waals surface area contributed by atoms with Gasteiger partial charge in [0.05, 0.1) is 17.7 Å². The fourth-order valence-corrected chi connectivity index (χ4v) is 2.65. The van der Waals surface area contributed by atoms with E-state index < -0.39 is 11.8 Å². The summed E-state index contributed by atoms with van der Waals surface area (Å²) >= 11 is 0. The van der Waals surface area contributed by atoms with Crippen molar-refractivity contribution >= 4 is 22.8 Å². The number of carbonyl (C=O) groups excluding carboxylic acids is 2. The fourth-order valence-electron chi connectivity index (χ4n) is 2.65. The van der Waals surface area contributed by atoms with Crippen LogP contribution in [0, 0.1) is 0 Å². The van der Waals surface area contributed by atoms with Crippen LogP contribution in [-0.4, -0.2) is 38.4 Å². The Labute approximate surface area is 130 Å². The Kier molecular flexibility index (Phi) is 3.13. The van der Waals surface area contributed by atoms with Crippen LogP contribution in [0.2, 0.25) is 0 Å². The van der Waals surface area contributed by atoms with Gasteiger partial charge < -0.3 is 4.98 Å². The number of hydrogen-bond donors (Lipinski definition) is 1. The van der Waals surface area contributed by atoms with Gasteiger partial charge in [-0.2, -0.15) is 0 Å². The van der Waals surface area contributed by atoms with Crippen molar-refractivity contribution in [1.29, 1.82) is 0 Å². The molecule has 114 valence electrons. The molecule has 2 aromatic heterocycles. The second-order valence-corrected chi connectivity index (χ2v) is 5.13. The number of aromatic nitrogens is 3. The Morgan fingerprint density at radius 2 is 1.87 bits per heavy atom. The molecule has 4 rings (SSSR count). The van der Waals surface area contributed by atoms with Crippen LogP contribution < -0.4 is 0 Å². The van der Waals surface area contributed by atoms with Crippen molar-refractivity contribution in [1.82, 2.24) is 20.0 Å². The van der Waals surface area contributed by atoms with Gasteiger partial charge in [-0.05, 0) is 17.7 Å². The number of carbonyl (C=O) groups is 2. The lowest BCUT2D eigenvalue weighted by Crippen LogP contribution is -2.30. The molecule has 0 bridgehead atoms. The summed E-state index contributed by atoms with van der Waals surface area (Å²) in [5.41, 5.74) is 2.46. The summed E-state index contributed by atoms with van der Waals surface area (Å²) in [5.74, 6) is -0.847. The molecule has 1 aromatic carbocycles. The van der Waals surface area contributed by atoms with Crippen LogP contribution in [0.25, 0.3) is 11.0 Å². The van der Waals surface area contributed by atoms with E-state index in [1.165, 1.54) is 6.33 Å². The van der Waals surface area contributed by atoms with Gasteiger partial charge in [0, 0.05) is 24.2 Å². The summed E-state index contributed by atoms with van der Waals surface area (Å²) in [7, 11) is 0. The van der Waals surface area contributed by atoms with Crippen molar-refractivity contribution in [2.45, 2.75) is 6.42 Å². The molecule has 2 amide bonds. The van der Waals surface area contributed by atoms with E-state index in [0.29, 0.717) is 17.5 Å². The van der Waals surface area contributed by atoms with E-state index in [4.69, 9.17) is 4.84 Å². The van der Waals surface area contributed by atoms with Gasteiger partial charge in [-0.3, -0.25) is 14.4 Å². The summed E-state index contributed by atoms with van der Waals surface area (Å²) in [6.45, 7) is 0.202. The summed E-state index contributed by atoms with van der Waals surface area (Å²) in [6.07, 6.45) is 5.54. The van der Waals surface area contributed by atoms with Crippen molar-refractivity contribution in [2.75, 3.05) is 6.61 Å². The topological polar surface area (TPSA) is 88.2 Å². The molecule has 7 heteroatoms. The number of amides is 2. The zero-order valence-electron chi connectivity index (χ0n) is 12.0. The maximum absolute atomic E-state index is 12.2. The lowest BCUT2D eigenvalue weighted by Gasteiger charge is -2.12. The molecule has 0 unspecified atom stereocenters. The van der Waals surface area contributed by atoms with Crippen molar-refractivity contribution in [2.24, 2.45) is 0 Å². The van der Waals surface area contributed by atoms with Gasteiger partial charge in [0.1, 0.15) is 12.0 Å². The summed E-state index contributed by atoms with van der Waals surface area (Å²) < 4.78 is 0. The Morgan fingerprint density at radius 3 is 2.61 bits per heavy atom. The first-order valence-electron chi connectivity index (χ1n) is 7.12. The Bertz CT molecular complexity index is 883. The summed E-state index contributed by atoms with van der Waals surface area (Å²) in [4.78, 5) is 40.9. The molecule has 0 spiro atoms. The van der Waals surface area contributed by atoms with Crippen LogP contribution in [0.1, 0.15) is 26.3 Å². The monoisotopic (exact) mass is 308 g/mol. The maximum Gasteiger partial charge on any atom is 0.285 e.